The van der Waals surface area contributed by atoms with Crippen LogP contribution in [0.15, 0.2) is 55.0 Å². The van der Waals surface area contributed by atoms with Crippen LogP contribution in [0.25, 0.3) is 11.3 Å². The number of nitrogens with one attached hydrogen (secondary N) is 1. The zero-order valence-electron chi connectivity index (χ0n) is 18.5. The largest absolute Gasteiger partial charge is 0.375 e. The molecule has 0 radical (unpaired) electrons. The molecule has 0 spiro atoms. The molecule has 1 amide bonds. The molecule has 3 aromatic rings. The summed E-state index contributed by atoms with van der Waals surface area (Å²) in [5, 5.41) is 7.23. The van der Waals surface area contributed by atoms with Crippen LogP contribution in [0.3, 0.4) is 0 Å². The average Bonchev–Trinajstić information content (AvgIpc) is 3.56. The molecule has 2 aliphatic rings. The molecule has 7 nitrogen and oxygen atoms in total. The monoisotopic (exact) mass is 449 g/mol. The van der Waals surface area contributed by atoms with Crippen molar-refractivity contribution in [3.63, 3.8) is 0 Å². The molecule has 5 rings (SSSR count). The molecule has 0 bridgehead atoms. The van der Waals surface area contributed by atoms with E-state index in [4.69, 9.17) is 4.74 Å². The Morgan fingerprint density at radius 3 is 2.70 bits per heavy atom. The van der Waals surface area contributed by atoms with E-state index in [1.165, 1.54) is 25.0 Å². The first kappa shape index (κ1) is 21.7. The molecule has 8 heteroatoms. The van der Waals surface area contributed by atoms with E-state index in [1.54, 1.807) is 30.7 Å². The highest BCUT2D eigenvalue weighted by molar-refractivity contribution is 5.78. The fourth-order valence-corrected chi connectivity index (χ4v) is 4.23. The van der Waals surface area contributed by atoms with Crippen molar-refractivity contribution in [3.05, 3.63) is 71.9 Å². The van der Waals surface area contributed by atoms with Crippen LogP contribution in [-0.2, 0) is 22.6 Å². The standard InChI is InChI=1S/C25H28FN5O2/c26-22-7-5-20(6-8-22)25-21(11-28-29-25)13-30-14-23(33-17-18-3-4-18)15-31(24(32)16-30)12-19-2-1-9-27-10-19/h1-2,5-11,18,23H,3-4,12-17H2,(H,28,29). The lowest BCUT2D eigenvalue weighted by molar-refractivity contribution is -0.132. The second kappa shape index (κ2) is 9.80. The Morgan fingerprint density at radius 1 is 1.09 bits per heavy atom. The van der Waals surface area contributed by atoms with Gasteiger partial charge in [-0.2, -0.15) is 5.10 Å². The van der Waals surface area contributed by atoms with Crippen LogP contribution in [0, 0.1) is 11.7 Å². The summed E-state index contributed by atoms with van der Waals surface area (Å²) in [5.74, 6) is 0.452. The highest BCUT2D eigenvalue weighted by Gasteiger charge is 2.31. The Hall–Kier alpha value is -3.10. The molecule has 172 valence electrons. The molecule has 1 unspecified atom stereocenters. The Labute approximate surface area is 192 Å². The Morgan fingerprint density at radius 2 is 1.94 bits per heavy atom. The highest BCUT2D eigenvalue weighted by Crippen LogP contribution is 2.30. The number of hydrogen-bond donors (Lipinski definition) is 1. The van der Waals surface area contributed by atoms with Gasteiger partial charge in [-0.1, -0.05) is 6.07 Å². The van der Waals surface area contributed by atoms with Crippen LogP contribution in [0.1, 0.15) is 24.0 Å². The van der Waals surface area contributed by atoms with E-state index >= 15 is 0 Å². The summed E-state index contributed by atoms with van der Waals surface area (Å²) in [5.41, 5.74) is 3.68. The average molecular weight is 450 g/mol. The fraction of sp³-hybridized carbons (Fsp3) is 0.400. The van der Waals surface area contributed by atoms with Gasteiger partial charge in [0.05, 0.1) is 24.5 Å². The third-order valence-corrected chi connectivity index (χ3v) is 6.20. The van der Waals surface area contributed by atoms with Crippen LogP contribution in [0.5, 0.6) is 0 Å². The Kier molecular flexibility index (Phi) is 6.46. The van der Waals surface area contributed by atoms with Crippen LogP contribution in [0.2, 0.25) is 0 Å². The quantitative estimate of drug-likeness (QED) is 0.572. The number of halogens is 1. The molecule has 1 saturated carbocycles. The zero-order chi connectivity index (χ0) is 22.6. The van der Waals surface area contributed by atoms with Gasteiger partial charge in [0.15, 0.2) is 0 Å². The van der Waals surface area contributed by atoms with E-state index in [2.05, 4.69) is 20.1 Å². The summed E-state index contributed by atoms with van der Waals surface area (Å²) in [7, 11) is 0. The number of ether oxygens (including phenoxy) is 1. The number of aromatic nitrogens is 3. The van der Waals surface area contributed by atoms with Gasteiger partial charge in [0.2, 0.25) is 5.91 Å². The van der Waals surface area contributed by atoms with E-state index in [1.807, 2.05) is 17.0 Å². The normalized spacial score (nSPS) is 19.6. The first-order valence-corrected chi connectivity index (χ1v) is 11.4. The molecule has 1 aromatic carbocycles. The molecule has 2 aromatic heterocycles. The van der Waals surface area contributed by atoms with Crippen LogP contribution in [-0.4, -0.2) is 63.2 Å². The topological polar surface area (TPSA) is 74.3 Å². The maximum absolute atomic E-state index is 13.4. The van der Waals surface area contributed by atoms with Crippen molar-refractivity contribution >= 4 is 5.91 Å². The molecular weight excluding hydrogens is 421 g/mol. The number of nitrogens with zero attached hydrogens (tertiary/aromatic N) is 4. The summed E-state index contributed by atoms with van der Waals surface area (Å²) in [6, 6.07) is 10.2. The number of H-pyrrole nitrogens is 1. The summed E-state index contributed by atoms with van der Waals surface area (Å²) in [6.07, 6.45) is 7.71. The summed E-state index contributed by atoms with van der Waals surface area (Å²) in [6.45, 7) is 3.36. The molecule has 1 atom stereocenters. The minimum atomic E-state index is -0.276. The van der Waals surface area contributed by atoms with E-state index in [0.717, 1.165) is 29.0 Å². The highest BCUT2D eigenvalue weighted by atomic mass is 19.1. The van der Waals surface area contributed by atoms with Gasteiger partial charge in [-0.3, -0.25) is 19.8 Å². The lowest BCUT2D eigenvalue weighted by atomic mass is 10.1. The Balaban J connectivity index is 1.32. The van der Waals surface area contributed by atoms with E-state index in [0.29, 0.717) is 38.6 Å². The van der Waals surface area contributed by atoms with Crippen LogP contribution in [0.4, 0.5) is 4.39 Å². The molecular formula is C25H28FN5O2. The number of amides is 1. The summed E-state index contributed by atoms with van der Waals surface area (Å²) >= 11 is 0. The maximum Gasteiger partial charge on any atom is 0.237 e. The van der Waals surface area contributed by atoms with Gasteiger partial charge in [0, 0.05) is 56.3 Å². The predicted octanol–water partition coefficient (Wildman–Crippen LogP) is 3.25. The van der Waals surface area contributed by atoms with Crippen molar-refractivity contribution < 1.29 is 13.9 Å². The summed E-state index contributed by atoms with van der Waals surface area (Å²) in [4.78, 5) is 21.4. The number of rotatable bonds is 8. The molecule has 33 heavy (non-hydrogen) atoms. The van der Waals surface area contributed by atoms with Gasteiger partial charge in [-0.25, -0.2) is 4.39 Å². The van der Waals surface area contributed by atoms with Crippen LogP contribution < -0.4 is 0 Å². The lowest BCUT2D eigenvalue weighted by Crippen LogP contribution is -2.37. The van der Waals surface area contributed by atoms with Gasteiger partial charge >= 0.3 is 0 Å². The lowest BCUT2D eigenvalue weighted by Gasteiger charge is -2.25. The molecule has 1 aliphatic heterocycles. The first-order valence-electron chi connectivity index (χ1n) is 11.4. The number of aromatic amines is 1. The van der Waals surface area contributed by atoms with Crippen molar-refractivity contribution in [1.29, 1.82) is 0 Å². The first-order chi connectivity index (χ1) is 16.1. The van der Waals surface area contributed by atoms with Gasteiger partial charge in [0.1, 0.15) is 5.82 Å². The minimum absolute atomic E-state index is 0.0603. The fourth-order valence-electron chi connectivity index (χ4n) is 4.23. The zero-order valence-corrected chi connectivity index (χ0v) is 18.5. The third kappa shape index (κ3) is 5.64. The van der Waals surface area contributed by atoms with Crippen molar-refractivity contribution in [2.45, 2.75) is 32.0 Å². The van der Waals surface area contributed by atoms with Gasteiger partial charge in [-0.05, 0) is 54.7 Å². The molecule has 2 fully saturated rings. The predicted molar refractivity (Wildman–Crippen MR) is 121 cm³/mol. The van der Waals surface area contributed by atoms with E-state index in [-0.39, 0.29) is 17.8 Å². The van der Waals surface area contributed by atoms with E-state index < -0.39 is 0 Å². The second-order valence-electron chi connectivity index (χ2n) is 8.98. The number of benzene rings is 1. The summed E-state index contributed by atoms with van der Waals surface area (Å²) < 4.78 is 19.6. The number of carbonyl (C=O) groups is 1. The minimum Gasteiger partial charge on any atom is -0.375 e. The molecule has 1 aliphatic carbocycles. The smallest absolute Gasteiger partial charge is 0.237 e. The Bertz CT molecular complexity index is 1070. The van der Waals surface area contributed by atoms with Crippen molar-refractivity contribution in [2.75, 3.05) is 26.2 Å². The van der Waals surface area contributed by atoms with Crippen molar-refractivity contribution in [1.82, 2.24) is 25.0 Å². The SMILES string of the molecule is O=C1CN(Cc2cn[nH]c2-c2ccc(F)cc2)CC(OCC2CC2)CN1Cc1cccnc1. The van der Waals surface area contributed by atoms with Crippen molar-refractivity contribution in [3.8, 4) is 11.3 Å². The second-order valence-corrected chi connectivity index (χ2v) is 8.98. The maximum atomic E-state index is 13.4. The molecule has 3 heterocycles. The van der Waals surface area contributed by atoms with Gasteiger partial charge in [0.25, 0.3) is 0 Å². The molecule has 1 N–H and O–H groups in total. The number of carbonyl (C=O) groups excluding carboxylic acids is 1. The third-order valence-electron chi connectivity index (χ3n) is 6.20. The number of hydrogen-bond acceptors (Lipinski definition) is 5. The van der Waals surface area contributed by atoms with Crippen LogP contribution >= 0.6 is 0 Å². The van der Waals surface area contributed by atoms with E-state index in [9.17, 15) is 9.18 Å². The molecule has 1 saturated heterocycles. The van der Waals surface area contributed by atoms with Gasteiger partial charge < -0.3 is 9.64 Å². The van der Waals surface area contributed by atoms with Crippen molar-refractivity contribution in [2.24, 2.45) is 5.92 Å². The number of pyridine rings is 1. The van der Waals surface area contributed by atoms with Gasteiger partial charge in [-0.15, -0.1) is 0 Å².